The molecule has 2 bridgehead atoms. The lowest BCUT2D eigenvalue weighted by Gasteiger charge is -2.45. The first kappa shape index (κ1) is 13.4. The Bertz CT molecular complexity index is 316. The lowest BCUT2D eigenvalue weighted by Crippen LogP contribution is -2.54. The second-order valence-electron chi connectivity index (χ2n) is 6.73. The number of carbonyl (C=O) groups is 1. The molecule has 0 aromatic rings. The molecule has 3 aliphatic rings. The summed E-state index contributed by atoms with van der Waals surface area (Å²) in [4.78, 5) is 12.0. The van der Waals surface area contributed by atoms with Crippen molar-refractivity contribution in [2.24, 2.45) is 23.5 Å². The second kappa shape index (κ2) is 5.80. The SMILES string of the molecule is NC1CC2CCCC(C1)C2NC(=O)COCC1CC1. The van der Waals surface area contributed by atoms with E-state index in [0.29, 0.717) is 23.9 Å². The van der Waals surface area contributed by atoms with Crippen molar-refractivity contribution in [3.63, 3.8) is 0 Å². The van der Waals surface area contributed by atoms with Crippen LogP contribution in [0.4, 0.5) is 0 Å². The minimum absolute atomic E-state index is 0.0676. The molecule has 3 rings (SSSR count). The summed E-state index contributed by atoms with van der Waals surface area (Å²) in [6.45, 7) is 0.994. The highest BCUT2D eigenvalue weighted by Gasteiger charge is 2.39. The highest BCUT2D eigenvalue weighted by molar-refractivity contribution is 5.77. The molecule has 0 spiro atoms. The van der Waals surface area contributed by atoms with Crippen LogP contribution >= 0.6 is 0 Å². The maximum Gasteiger partial charge on any atom is 0.246 e. The first-order valence-electron chi connectivity index (χ1n) is 7.85. The summed E-state index contributed by atoms with van der Waals surface area (Å²) in [5.74, 6) is 1.97. The van der Waals surface area contributed by atoms with Gasteiger partial charge in [-0.15, -0.1) is 0 Å². The molecule has 4 heteroatoms. The molecule has 19 heavy (non-hydrogen) atoms. The van der Waals surface area contributed by atoms with Gasteiger partial charge in [0.25, 0.3) is 0 Å². The predicted octanol–water partition coefficient (Wildman–Crippen LogP) is 1.44. The number of hydrogen-bond acceptors (Lipinski definition) is 3. The molecular weight excluding hydrogens is 240 g/mol. The summed E-state index contributed by atoms with van der Waals surface area (Å²) in [5, 5.41) is 3.22. The molecule has 3 fully saturated rings. The summed E-state index contributed by atoms with van der Waals surface area (Å²) in [5.41, 5.74) is 6.10. The Morgan fingerprint density at radius 1 is 1.16 bits per heavy atom. The summed E-state index contributed by atoms with van der Waals surface area (Å²) >= 11 is 0. The Morgan fingerprint density at radius 3 is 2.47 bits per heavy atom. The van der Waals surface area contributed by atoms with Crippen molar-refractivity contribution in [2.75, 3.05) is 13.2 Å². The van der Waals surface area contributed by atoms with Crippen molar-refractivity contribution in [3.05, 3.63) is 0 Å². The zero-order valence-corrected chi connectivity index (χ0v) is 11.6. The van der Waals surface area contributed by atoms with E-state index in [2.05, 4.69) is 5.32 Å². The van der Waals surface area contributed by atoms with E-state index in [1.165, 1.54) is 32.1 Å². The van der Waals surface area contributed by atoms with Crippen LogP contribution in [-0.4, -0.2) is 31.2 Å². The zero-order valence-electron chi connectivity index (χ0n) is 11.6. The second-order valence-corrected chi connectivity index (χ2v) is 6.73. The van der Waals surface area contributed by atoms with Gasteiger partial charge in [-0.1, -0.05) is 6.42 Å². The van der Waals surface area contributed by atoms with Gasteiger partial charge in [-0.3, -0.25) is 4.79 Å². The molecule has 0 saturated heterocycles. The molecule has 3 saturated carbocycles. The molecule has 3 N–H and O–H groups in total. The fourth-order valence-corrected chi connectivity index (χ4v) is 3.86. The monoisotopic (exact) mass is 266 g/mol. The fourth-order valence-electron chi connectivity index (χ4n) is 3.86. The Hall–Kier alpha value is -0.610. The molecule has 0 aromatic heterocycles. The maximum absolute atomic E-state index is 12.0. The average molecular weight is 266 g/mol. The van der Waals surface area contributed by atoms with E-state index in [0.717, 1.165) is 25.4 Å². The molecule has 1 amide bonds. The van der Waals surface area contributed by atoms with Crippen LogP contribution in [-0.2, 0) is 9.53 Å². The van der Waals surface area contributed by atoms with Gasteiger partial charge in [0.2, 0.25) is 5.91 Å². The van der Waals surface area contributed by atoms with E-state index in [9.17, 15) is 4.79 Å². The van der Waals surface area contributed by atoms with E-state index < -0.39 is 0 Å². The van der Waals surface area contributed by atoms with Gasteiger partial charge < -0.3 is 15.8 Å². The van der Waals surface area contributed by atoms with Gasteiger partial charge in [0, 0.05) is 12.1 Å². The highest BCUT2D eigenvalue weighted by atomic mass is 16.5. The molecule has 2 unspecified atom stereocenters. The quantitative estimate of drug-likeness (QED) is 0.791. The van der Waals surface area contributed by atoms with Crippen LogP contribution < -0.4 is 11.1 Å². The van der Waals surface area contributed by atoms with Gasteiger partial charge >= 0.3 is 0 Å². The molecule has 0 aliphatic heterocycles. The fraction of sp³-hybridized carbons (Fsp3) is 0.933. The van der Waals surface area contributed by atoms with Gasteiger partial charge in [0.1, 0.15) is 6.61 Å². The Morgan fingerprint density at radius 2 is 1.84 bits per heavy atom. The third kappa shape index (κ3) is 3.48. The Balaban J connectivity index is 1.46. The minimum Gasteiger partial charge on any atom is -0.371 e. The van der Waals surface area contributed by atoms with E-state index in [1.807, 2.05) is 0 Å². The number of hydrogen-bond donors (Lipinski definition) is 2. The number of amides is 1. The summed E-state index contributed by atoms with van der Waals surface area (Å²) in [6.07, 6.45) is 8.43. The Kier molecular flexibility index (Phi) is 4.08. The summed E-state index contributed by atoms with van der Waals surface area (Å²) in [6, 6.07) is 0.695. The minimum atomic E-state index is 0.0676. The molecule has 0 heterocycles. The molecule has 3 aliphatic carbocycles. The van der Waals surface area contributed by atoms with E-state index in [-0.39, 0.29) is 12.5 Å². The van der Waals surface area contributed by atoms with Gasteiger partial charge in [-0.05, 0) is 56.3 Å². The van der Waals surface area contributed by atoms with E-state index in [4.69, 9.17) is 10.5 Å². The van der Waals surface area contributed by atoms with Crippen molar-refractivity contribution < 1.29 is 9.53 Å². The molecule has 0 aromatic carbocycles. The molecule has 4 nitrogen and oxygen atoms in total. The van der Waals surface area contributed by atoms with Gasteiger partial charge in [-0.25, -0.2) is 0 Å². The topological polar surface area (TPSA) is 64.3 Å². The van der Waals surface area contributed by atoms with Crippen molar-refractivity contribution in [1.29, 1.82) is 0 Å². The molecular formula is C15H26N2O2. The van der Waals surface area contributed by atoms with Gasteiger partial charge in [0.05, 0.1) is 6.61 Å². The van der Waals surface area contributed by atoms with Crippen LogP contribution in [0, 0.1) is 17.8 Å². The maximum atomic E-state index is 12.0. The van der Waals surface area contributed by atoms with Crippen molar-refractivity contribution >= 4 is 5.91 Å². The number of rotatable bonds is 5. The number of ether oxygens (including phenoxy) is 1. The average Bonchev–Trinajstić information content (AvgIpc) is 3.14. The van der Waals surface area contributed by atoms with Crippen molar-refractivity contribution in [2.45, 2.75) is 57.0 Å². The highest BCUT2D eigenvalue weighted by Crippen LogP contribution is 2.39. The number of nitrogens with two attached hydrogens (primary N) is 1. The smallest absolute Gasteiger partial charge is 0.246 e. The predicted molar refractivity (Wildman–Crippen MR) is 73.5 cm³/mol. The van der Waals surface area contributed by atoms with Crippen LogP contribution in [0.1, 0.15) is 44.9 Å². The van der Waals surface area contributed by atoms with Crippen LogP contribution in [0.25, 0.3) is 0 Å². The molecule has 0 radical (unpaired) electrons. The summed E-state index contributed by atoms with van der Waals surface area (Å²) in [7, 11) is 0. The first-order chi connectivity index (χ1) is 9.22. The lowest BCUT2D eigenvalue weighted by molar-refractivity contribution is -0.128. The number of nitrogens with one attached hydrogen (secondary N) is 1. The molecule has 108 valence electrons. The number of fused-ring (bicyclic) bond motifs is 2. The van der Waals surface area contributed by atoms with Crippen LogP contribution in [0.15, 0.2) is 0 Å². The van der Waals surface area contributed by atoms with Gasteiger partial charge in [-0.2, -0.15) is 0 Å². The van der Waals surface area contributed by atoms with Crippen molar-refractivity contribution in [3.8, 4) is 0 Å². The first-order valence-corrected chi connectivity index (χ1v) is 7.85. The van der Waals surface area contributed by atoms with Gasteiger partial charge in [0.15, 0.2) is 0 Å². The zero-order chi connectivity index (χ0) is 13.2. The normalized spacial score (nSPS) is 37.9. The largest absolute Gasteiger partial charge is 0.371 e. The molecule has 2 atom stereocenters. The van der Waals surface area contributed by atoms with E-state index in [1.54, 1.807) is 0 Å². The van der Waals surface area contributed by atoms with E-state index >= 15 is 0 Å². The number of carbonyl (C=O) groups excluding carboxylic acids is 1. The summed E-state index contributed by atoms with van der Waals surface area (Å²) < 4.78 is 5.47. The van der Waals surface area contributed by atoms with Crippen LogP contribution in [0.5, 0.6) is 0 Å². The lowest BCUT2D eigenvalue weighted by atomic mass is 9.67. The Labute approximate surface area is 115 Å². The third-order valence-corrected chi connectivity index (χ3v) is 4.99. The third-order valence-electron chi connectivity index (χ3n) is 4.99. The van der Waals surface area contributed by atoms with Crippen molar-refractivity contribution in [1.82, 2.24) is 5.32 Å². The van der Waals surface area contributed by atoms with Crippen LogP contribution in [0.2, 0.25) is 0 Å². The van der Waals surface area contributed by atoms with Crippen LogP contribution in [0.3, 0.4) is 0 Å². The standard InChI is InChI=1S/C15H26N2O2/c16-13-6-11-2-1-3-12(7-13)15(11)17-14(18)9-19-8-10-4-5-10/h10-13,15H,1-9,16H2,(H,17,18).